The van der Waals surface area contributed by atoms with Crippen LogP contribution in [0.15, 0.2) is 73.3 Å². The van der Waals surface area contributed by atoms with Crippen LogP contribution in [0.4, 0.5) is 5.69 Å². The van der Waals surface area contributed by atoms with Crippen molar-refractivity contribution in [3.05, 3.63) is 107 Å². The zero-order valence-electron chi connectivity index (χ0n) is 21.3. The zero-order valence-corrected chi connectivity index (χ0v) is 21.3. The van der Waals surface area contributed by atoms with Gasteiger partial charge >= 0.3 is 0 Å². The summed E-state index contributed by atoms with van der Waals surface area (Å²) in [6.45, 7) is 7.35. The maximum absolute atomic E-state index is 14.1. The first-order valence-electron chi connectivity index (χ1n) is 12.8. The molecule has 0 bridgehead atoms. The zero-order chi connectivity index (χ0) is 25.1. The Morgan fingerprint density at radius 2 is 1.97 bits per heavy atom. The summed E-state index contributed by atoms with van der Waals surface area (Å²) in [5.74, 6) is 0.308. The van der Waals surface area contributed by atoms with Crippen LogP contribution in [-0.2, 0) is 24.3 Å². The highest BCUT2D eigenvalue weighted by molar-refractivity contribution is 5.98. The lowest BCUT2D eigenvalue weighted by molar-refractivity contribution is -0.120. The fourth-order valence-corrected chi connectivity index (χ4v) is 5.00. The SMILES string of the molecule is Cc1ccnc(Cn2cc(CN(C(=O)C3CCCc4ccccc43)c3ccc(C(C)C)nc3)cn2)c1. The first kappa shape index (κ1) is 23.9. The summed E-state index contributed by atoms with van der Waals surface area (Å²) in [4.78, 5) is 25.1. The van der Waals surface area contributed by atoms with Gasteiger partial charge in [-0.3, -0.25) is 19.4 Å². The number of nitrogens with zero attached hydrogens (tertiary/aromatic N) is 5. The molecule has 0 N–H and O–H groups in total. The Morgan fingerprint density at radius 1 is 1.11 bits per heavy atom. The fraction of sp³-hybridized carbons (Fsp3) is 0.333. The number of fused-ring (bicyclic) bond motifs is 1. The number of benzene rings is 1. The van der Waals surface area contributed by atoms with E-state index in [-0.39, 0.29) is 11.8 Å². The maximum atomic E-state index is 14.1. The number of hydrogen-bond acceptors (Lipinski definition) is 4. The van der Waals surface area contributed by atoms with Crippen LogP contribution in [0.3, 0.4) is 0 Å². The Labute approximate surface area is 213 Å². The van der Waals surface area contributed by atoms with E-state index in [1.165, 1.54) is 11.1 Å². The Kier molecular flexibility index (Phi) is 6.94. The first-order chi connectivity index (χ1) is 17.5. The van der Waals surface area contributed by atoms with Gasteiger partial charge in [0, 0.05) is 23.7 Å². The molecule has 3 heterocycles. The second-order valence-electron chi connectivity index (χ2n) is 10.0. The summed E-state index contributed by atoms with van der Waals surface area (Å²) < 4.78 is 1.88. The van der Waals surface area contributed by atoms with Crippen LogP contribution in [0, 0.1) is 6.92 Å². The third-order valence-electron chi connectivity index (χ3n) is 6.93. The van der Waals surface area contributed by atoms with Gasteiger partial charge in [0.15, 0.2) is 0 Å². The number of rotatable bonds is 7. The molecule has 1 atom stereocenters. The van der Waals surface area contributed by atoms with E-state index in [4.69, 9.17) is 0 Å². The third kappa shape index (κ3) is 5.23. The lowest BCUT2D eigenvalue weighted by Crippen LogP contribution is -2.36. The van der Waals surface area contributed by atoms with E-state index in [9.17, 15) is 4.79 Å². The van der Waals surface area contributed by atoms with Crippen molar-refractivity contribution < 1.29 is 4.79 Å². The molecule has 6 heteroatoms. The Morgan fingerprint density at radius 3 is 2.75 bits per heavy atom. The van der Waals surface area contributed by atoms with Gasteiger partial charge in [-0.25, -0.2) is 0 Å². The maximum Gasteiger partial charge on any atom is 0.234 e. The molecule has 6 nitrogen and oxygen atoms in total. The van der Waals surface area contributed by atoms with Crippen molar-refractivity contribution in [2.45, 2.75) is 65.0 Å². The molecule has 0 aliphatic heterocycles. The van der Waals surface area contributed by atoms with E-state index in [2.05, 4.69) is 60.1 Å². The number of anilines is 1. The Balaban J connectivity index is 1.43. The van der Waals surface area contributed by atoms with Crippen molar-refractivity contribution in [1.82, 2.24) is 19.7 Å². The summed E-state index contributed by atoms with van der Waals surface area (Å²) >= 11 is 0. The van der Waals surface area contributed by atoms with Gasteiger partial charge in [-0.2, -0.15) is 5.10 Å². The predicted molar refractivity (Wildman–Crippen MR) is 142 cm³/mol. The minimum Gasteiger partial charge on any atom is -0.306 e. The molecule has 0 saturated carbocycles. The summed E-state index contributed by atoms with van der Waals surface area (Å²) in [5, 5.41) is 4.56. The monoisotopic (exact) mass is 479 g/mol. The summed E-state index contributed by atoms with van der Waals surface area (Å²) in [7, 11) is 0. The highest BCUT2D eigenvalue weighted by Gasteiger charge is 2.31. The van der Waals surface area contributed by atoms with Gasteiger partial charge in [0.25, 0.3) is 0 Å². The van der Waals surface area contributed by atoms with E-state index in [1.54, 1.807) is 0 Å². The molecule has 1 unspecified atom stereocenters. The van der Waals surface area contributed by atoms with Crippen molar-refractivity contribution in [2.24, 2.45) is 0 Å². The second kappa shape index (κ2) is 10.4. The van der Waals surface area contributed by atoms with Gasteiger partial charge in [0.1, 0.15) is 0 Å². The highest BCUT2D eigenvalue weighted by Crippen LogP contribution is 2.34. The van der Waals surface area contributed by atoms with Crippen LogP contribution < -0.4 is 4.90 Å². The molecule has 184 valence electrons. The molecule has 3 aromatic heterocycles. The van der Waals surface area contributed by atoms with E-state index < -0.39 is 0 Å². The topological polar surface area (TPSA) is 63.9 Å². The first-order valence-corrected chi connectivity index (χ1v) is 12.8. The number of aryl methyl sites for hydroxylation is 2. The molecule has 1 aliphatic carbocycles. The summed E-state index contributed by atoms with van der Waals surface area (Å²) in [6.07, 6.45) is 10.4. The number of hydrogen-bond donors (Lipinski definition) is 0. The number of amides is 1. The highest BCUT2D eigenvalue weighted by atomic mass is 16.2. The second-order valence-corrected chi connectivity index (χ2v) is 10.0. The predicted octanol–water partition coefficient (Wildman–Crippen LogP) is 5.81. The molecular formula is C30H33N5O. The molecule has 0 radical (unpaired) electrons. The fourth-order valence-electron chi connectivity index (χ4n) is 5.00. The van der Waals surface area contributed by atoms with E-state index in [0.717, 1.165) is 47.5 Å². The molecular weight excluding hydrogens is 446 g/mol. The van der Waals surface area contributed by atoms with Crippen molar-refractivity contribution in [2.75, 3.05) is 4.90 Å². The van der Waals surface area contributed by atoms with Crippen molar-refractivity contribution >= 4 is 11.6 Å². The van der Waals surface area contributed by atoms with Crippen LogP contribution in [-0.4, -0.2) is 25.7 Å². The smallest absolute Gasteiger partial charge is 0.234 e. The van der Waals surface area contributed by atoms with Crippen LogP contribution in [0.25, 0.3) is 0 Å². The van der Waals surface area contributed by atoms with Crippen molar-refractivity contribution in [3.63, 3.8) is 0 Å². The van der Waals surface area contributed by atoms with Crippen LogP contribution >= 0.6 is 0 Å². The van der Waals surface area contributed by atoms with Crippen molar-refractivity contribution in [3.8, 4) is 0 Å². The molecule has 36 heavy (non-hydrogen) atoms. The molecule has 4 aromatic rings. The van der Waals surface area contributed by atoms with Gasteiger partial charge < -0.3 is 4.90 Å². The quantitative estimate of drug-likeness (QED) is 0.336. The van der Waals surface area contributed by atoms with E-state index >= 15 is 0 Å². The van der Waals surface area contributed by atoms with Gasteiger partial charge in [0.2, 0.25) is 5.91 Å². The number of carbonyl (C=O) groups excluding carboxylic acids is 1. The minimum absolute atomic E-state index is 0.120. The molecule has 0 saturated heterocycles. The average molecular weight is 480 g/mol. The largest absolute Gasteiger partial charge is 0.306 e. The number of carbonyl (C=O) groups is 1. The van der Waals surface area contributed by atoms with Gasteiger partial charge in [-0.15, -0.1) is 0 Å². The molecule has 5 rings (SSSR count). The normalized spacial score (nSPS) is 15.1. The lowest BCUT2D eigenvalue weighted by Gasteiger charge is -2.31. The van der Waals surface area contributed by atoms with Gasteiger partial charge in [-0.05, 0) is 73.1 Å². The standard InChI is InChI=1S/C30H33N5O/c1-21(2)29-12-11-26(17-32-29)35(30(36)28-10-6-8-24-7-4-5-9-27(24)28)19-23-16-33-34(18-23)20-25-15-22(3)13-14-31-25/h4-5,7,9,11-18,21,28H,6,8,10,19-20H2,1-3H3. The third-order valence-corrected chi connectivity index (χ3v) is 6.93. The molecule has 1 aromatic carbocycles. The molecule has 1 aliphatic rings. The number of pyridine rings is 2. The lowest BCUT2D eigenvalue weighted by atomic mass is 9.82. The minimum atomic E-state index is -0.147. The van der Waals surface area contributed by atoms with Crippen LogP contribution in [0.2, 0.25) is 0 Å². The van der Waals surface area contributed by atoms with Crippen LogP contribution in [0.5, 0.6) is 0 Å². The van der Waals surface area contributed by atoms with Gasteiger partial charge in [-0.1, -0.05) is 38.1 Å². The van der Waals surface area contributed by atoms with Crippen LogP contribution in [0.1, 0.15) is 72.2 Å². The molecule has 0 fully saturated rings. The van der Waals surface area contributed by atoms with Gasteiger partial charge in [0.05, 0.1) is 42.8 Å². The van der Waals surface area contributed by atoms with E-state index in [0.29, 0.717) is 19.0 Å². The van der Waals surface area contributed by atoms with E-state index in [1.807, 2.05) is 58.6 Å². The Hall–Kier alpha value is -3.80. The average Bonchev–Trinajstić information content (AvgIpc) is 3.33. The van der Waals surface area contributed by atoms with Crippen molar-refractivity contribution in [1.29, 1.82) is 0 Å². The summed E-state index contributed by atoms with van der Waals surface area (Å²) in [5.41, 5.74) is 7.40. The molecule has 1 amide bonds. The Bertz CT molecular complexity index is 1340. The summed E-state index contributed by atoms with van der Waals surface area (Å²) in [6, 6.07) is 16.5. The number of aromatic nitrogens is 4. The molecule has 0 spiro atoms.